The van der Waals surface area contributed by atoms with Gasteiger partial charge in [-0.25, -0.2) is 0 Å². The van der Waals surface area contributed by atoms with E-state index < -0.39 is 21.5 Å². The van der Waals surface area contributed by atoms with Gasteiger partial charge in [-0.1, -0.05) is 12.8 Å². The summed E-state index contributed by atoms with van der Waals surface area (Å²) in [4.78, 5) is 25.0. The molecule has 0 heterocycles. The highest BCUT2D eigenvalue weighted by Crippen LogP contribution is 2.44. The number of esters is 2. The molecule has 1 saturated carbocycles. The molecule has 3 rings (SSSR count). The minimum atomic E-state index is -4.39. The van der Waals surface area contributed by atoms with E-state index in [2.05, 4.69) is 22.6 Å². The molecule has 0 radical (unpaired) electrons. The molecule has 32 heavy (non-hydrogen) atoms. The van der Waals surface area contributed by atoms with Gasteiger partial charge < -0.3 is 9.47 Å². The van der Waals surface area contributed by atoms with Crippen molar-refractivity contribution < 1.29 is 32.0 Å². The normalized spacial score (nSPS) is 15.4. The lowest BCUT2D eigenvalue weighted by molar-refractivity contribution is -0.140. The lowest BCUT2D eigenvalue weighted by atomic mass is 9.79. The first-order valence-corrected chi connectivity index (χ1v) is 14.3. The van der Waals surface area contributed by atoms with Crippen LogP contribution in [0.1, 0.15) is 38.5 Å². The Kier molecular flexibility index (Phi) is 8.82. The average Bonchev–Trinajstić information content (AvgIpc) is 3.09. The summed E-state index contributed by atoms with van der Waals surface area (Å²) < 4.78 is 44.9. The van der Waals surface area contributed by atoms with Crippen LogP contribution in [0.15, 0.2) is 41.3 Å². The molecule has 0 unspecified atom stereocenters. The third-order valence-corrected chi connectivity index (χ3v) is 9.32. The standard InChI is InChI=1S/C21H19I3O7S/c22-13-3-5-14(6-4-13)30-18(25)11-21(7-1-2-8-21)12-19(26)31-15-9-16(23)20(17(24)10-15)32(27,28)29/h3-6,9-10H,1-2,7-8,11-12H2,(H,27,28,29). The molecule has 1 aliphatic carbocycles. The van der Waals surface area contributed by atoms with E-state index in [1.165, 1.54) is 12.1 Å². The summed E-state index contributed by atoms with van der Waals surface area (Å²) in [5.74, 6) is -0.234. The van der Waals surface area contributed by atoms with Crippen LogP contribution in [0.3, 0.4) is 0 Å². The van der Waals surface area contributed by atoms with Gasteiger partial charge in [0.1, 0.15) is 16.4 Å². The molecule has 0 aromatic heterocycles. The van der Waals surface area contributed by atoms with Crippen LogP contribution < -0.4 is 9.47 Å². The average molecular weight is 796 g/mol. The fourth-order valence-corrected chi connectivity index (χ4v) is 8.18. The molecule has 11 heteroatoms. The largest absolute Gasteiger partial charge is 0.427 e. The summed E-state index contributed by atoms with van der Waals surface area (Å²) >= 11 is 5.71. The molecule has 0 saturated heterocycles. The van der Waals surface area contributed by atoms with Gasteiger partial charge >= 0.3 is 11.9 Å². The van der Waals surface area contributed by atoms with E-state index in [1.807, 2.05) is 12.1 Å². The minimum Gasteiger partial charge on any atom is -0.427 e. The maximum atomic E-state index is 12.7. The van der Waals surface area contributed by atoms with Gasteiger partial charge in [0, 0.05) is 10.7 Å². The van der Waals surface area contributed by atoms with Crippen LogP contribution in [0.4, 0.5) is 0 Å². The molecule has 2 aromatic carbocycles. The molecule has 0 atom stereocenters. The van der Waals surface area contributed by atoms with Crippen molar-refractivity contribution in [3.05, 3.63) is 47.1 Å². The molecule has 0 spiro atoms. The van der Waals surface area contributed by atoms with E-state index in [0.717, 1.165) is 29.3 Å². The summed E-state index contributed by atoms with van der Waals surface area (Å²) in [5, 5.41) is 0. The van der Waals surface area contributed by atoms with Crippen molar-refractivity contribution in [3.63, 3.8) is 0 Å². The zero-order valence-electron chi connectivity index (χ0n) is 16.6. The van der Waals surface area contributed by atoms with Crippen LogP contribution in [0.5, 0.6) is 11.5 Å². The lowest BCUT2D eigenvalue weighted by Gasteiger charge is -2.26. The number of halogens is 3. The fraction of sp³-hybridized carbons (Fsp3) is 0.333. The van der Waals surface area contributed by atoms with Crippen molar-refractivity contribution in [1.82, 2.24) is 0 Å². The third kappa shape index (κ3) is 6.99. The number of rotatable bonds is 7. The van der Waals surface area contributed by atoms with Gasteiger partial charge in [-0.15, -0.1) is 0 Å². The summed E-state index contributed by atoms with van der Waals surface area (Å²) in [6, 6.07) is 9.93. The quantitative estimate of drug-likeness (QED) is 0.169. The smallest absolute Gasteiger partial charge is 0.311 e. The van der Waals surface area contributed by atoms with Crippen molar-refractivity contribution in [3.8, 4) is 11.5 Å². The maximum absolute atomic E-state index is 12.7. The summed E-state index contributed by atoms with van der Waals surface area (Å²) in [5.41, 5.74) is -0.522. The molecule has 172 valence electrons. The van der Waals surface area contributed by atoms with Gasteiger partial charge in [0.05, 0.1) is 12.8 Å². The van der Waals surface area contributed by atoms with Gasteiger partial charge in [-0.3, -0.25) is 14.1 Å². The molecule has 0 bridgehead atoms. The van der Waals surface area contributed by atoms with E-state index in [4.69, 9.17) is 9.47 Å². The van der Waals surface area contributed by atoms with Crippen molar-refractivity contribution in [2.75, 3.05) is 0 Å². The van der Waals surface area contributed by atoms with Crippen LogP contribution in [0.2, 0.25) is 0 Å². The van der Waals surface area contributed by atoms with E-state index in [0.29, 0.717) is 5.75 Å². The van der Waals surface area contributed by atoms with Crippen molar-refractivity contribution in [2.24, 2.45) is 5.41 Å². The molecule has 2 aromatic rings. The predicted molar refractivity (Wildman–Crippen MR) is 142 cm³/mol. The predicted octanol–water partition coefficient (Wildman–Crippen LogP) is 5.60. The van der Waals surface area contributed by atoms with E-state index in [-0.39, 0.29) is 36.6 Å². The van der Waals surface area contributed by atoms with Crippen molar-refractivity contribution in [1.29, 1.82) is 0 Å². The number of carbonyl (C=O) groups is 2. The number of benzene rings is 2. The van der Waals surface area contributed by atoms with Gasteiger partial charge in [-0.05, 0) is 122 Å². The molecule has 0 amide bonds. The summed E-state index contributed by atoms with van der Waals surface area (Å²) in [7, 11) is -4.39. The van der Waals surface area contributed by atoms with E-state index in [9.17, 15) is 22.6 Å². The highest BCUT2D eigenvalue weighted by Gasteiger charge is 2.39. The van der Waals surface area contributed by atoms with Crippen molar-refractivity contribution in [2.45, 2.75) is 43.4 Å². The van der Waals surface area contributed by atoms with Gasteiger partial charge in [0.2, 0.25) is 0 Å². The second-order valence-corrected chi connectivity index (χ2v) is 12.6. The van der Waals surface area contributed by atoms with Gasteiger partial charge in [0.25, 0.3) is 10.1 Å². The zero-order chi connectivity index (χ0) is 23.5. The molecule has 1 fully saturated rings. The Bertz CT molecular complexity index is 1100. The van der Waals surface area contributed by atoms with Crippen LogP contribution in [-0.2, 0) is 19.7 Å². The second-order valence-electron chi connectivity index (χ2n) is 7.65. The van der Waals surface area contributed by atoms with Gasteiger partial charge in [0.15, 0.2) is 0 Å². The Morgan fingerprint density at radius 1 is 0.875 bits per heavy atom. The topological polar surface area (TPSA) is 107 Å². The van der Waals surface area contributed by atoms with E-state index in [1.54, 1.807) is 57.3 Å². The van der Waals surface area contributed by atoms with Gasteiger partial charge in [-0.2, -0.15) is 8.42 Å². The molecular formula is C21H19I3O7S. The molecular weight excluding hydrogens is 777 g/mol. The highest BCUT2D eigenvalue weighted by atomic mass is 127. The lowest BCUT2D eigenvalue weighted by Crippen LogP contribution is -2.28. The summed E-state index contributed by atoms with van der Waals surface area (Å²) in [6.45, 7) is 0. The molecule has 0 aliphatic heterocycles. The maximum Gasteiger partial charge on any atom is 0.311 e. The molecule has 7 nitrogen and oxygen atoms in total. The summed E-state index contributed by atoms with van der Waals surface area (Å²) in [6.07, 6.45) is 3.46. The van der Waals surface area contributed by atoms with Crippen LogP contribution in [-0.4, -0.2) is 24.9 Å². The number of hydrogen-bond donors (Lipinski definition) is 1. The number of ether oxygens (including phenoxy) is 2. The molecule has 1 N–H and O–H groups in total. The molecule has 1 aliphatic rings. The van der Waals surface area contributed by atoms with Crippen LogP contribution >= 0.6 is 67.8 Å². The highest BCUT2D eigenvalue weighted by molar-refractivity contribution is 14.1. The van der Waals surface area contributed by atoms with Crippen LogP contribution in [0, 0.1) is 16.1 Å². The Morgan fingerprint density at radius 3 is 1.81 bits per heavy atom. The minimum absolute atomic E-state index is 0.0575. The monoisotopic (exact) mass is 796 g/mol. The second kappa shape index (κ2) is 10.8. The third-order valence-electron chi connectivity index (χ3n) is 5.21. The van der Waals surface area contributed by atoms with E-state index >= 15 is 0 Å². The number of carbonyl (C=O) groups excluding carboxylic acids is 2. The Labute approximate surface area is 227 Å². The fourth-order valence-electron chi connectivity index (χ4n) is 3.83. The first-order chi connectivity index (χ1) is 15.0. The Hall–Kier alpha value is -0.520. The van der Waals surface area contributed by atoms with Crippen molar-refractivity contribution >= 4 is 89.8 Å². The SMILES string of the molecule is O=C(CC1(CC(=O)Oc2cc(I)c(S(=O)(=O)O)c(I)c2)CCCC1)Oc1ccc(I)cc1. The first-order valence-electron chi connectivity index (χ1n) is 9.61. The number of hydrogen-bond acceptors (Lipinski definition) is 6. The Balaban J connectivity index is 1.68. The Morgan fingerprint density at radius 2 is 1.34 bits per heavy atom. The van der Waals surface area contributed by atoms with Crippen LogP contribution in [0.25, 0.3) is 0 Å². The first kappa shape index (κ1) is 26.1. The zero-order valence-corrected chi connectivity index (χ0v) is 23.9.